The molecule has 0 saturated carbocycles. The number of cyclic esters (lactones) is 1. The maximum absolute atomic E-state index is 14.6. The Morgan fingerprint density at radius 1 is 0.961 bits per heavy atom. The van der Waals surface area contributed by atoms with Gasteiger partial charge < -0.3 is 78.4 Å². The number of carbonyl (C=O) groups excluding carboxylic acids is 2. The number of nitrogens with zero attached hydrogens (tertiary/aromatic N) is 3. The zero-order valence-electron chi connectivity index (χ0n) is 47.5. The Balaban J connectivity index is 1.34. The molecule has 3 aliphatic rings. The average molecular weight is 1100 g/mol. The van der Waals surface area contributed by atoms with Crippen molar-refractivity contribution in [2.24, 2.45) is 17.8 Å². The fraction of sp³-hybridized carbons (Fsp3) is 0.782. The molecule has 0 spiro atoms. The lowest BCUT2D eigenvalue weighted by Crippen LogP contribution is -2.61. The summed E-state index contributed by atoms with van der Waals surface area (Å²) in [6.45, 7) is 21.2. The van der Waals surface area contributed by atoms with Crippen LogP contribution in [0.3, 0.4) is 0 Å². The molecule has 76 heavy (non-hydrogen) atoms. The van der Waals surface area contributed by atoms with E-state index in [4.69, 9.17) is 33.2 Å². The lowest BCUT2D eigenvalue weighted by molar-refractivity contribution is -0.318. The molecule has 1 aromatic carbocycles. The summed E-state index contributed by atoms with van der Waals surface area (Å²) in [6.07, 6.45) is -7.61. The molecule has 4 heterocycles. The van der Waals surface area contributed by atoms with Crippen molar-refractivity contribution in [3.8, 4) is 0 Å². The number of hydrogen-bond donors (Lipinski definition) is 6. The van der Waals surface area contributed by atoms with Gasteiger partial charge in [-0.1, -0.05) is 20.8 Å². The Labute approximate surface area is 453 Å². The molecule has 3 fully saturated rings. The van der Waals surface area contributed by atoms with Crippen molar-refractivity contribution in [2.75, 3.05) is 53.6 Å². The predicted molar refractivity (Wildman–Crippen MR) is 287 cm³/mol. The lowest BCUT2D eigenvalue weighted by atomic mass is 9.77. The minimum absolute atomic E-state index is 0.0444. The molecule has 0 bridgehead atoms. The minimum atomic E-state index is -1.86. The number of aryl methyl sites for hydroxylation is 1. The van der Waals surface area contributed by atoms with Gasteiger partial charge in [-0.3, -0.25) is 14.4 Å². The zero-order valence-corrected chi connectivity index (χ0v) is 48.3. The zero-order chi connectivity index (χ0) is 56.8. The molecule has 3 aliphatic heterocycles. The number of pyridine rings is 1. The number of aromatic nitrogens is 1. The molecular formula is C55H90N4O16S. The van der Waals surface area contributed by atoms with Crippen molar-refractivity contribution in [1.82, 2.24) is 19.7 Å². The third kappa shape index (κ3) is 14.9. The molecule has 0 aliphatic carbocycles. The summed E-state index contributed by atoms with van der Waals surface area (Å²) in [5, 5.41) is 61.2. The summed E-state index contributed by atoms with van der Waals surface area (Å²) in [6, 6.07) is 4.42. The van der Waals surface area contributed by atoms with E-state index in [1.54, 1.807) is 76.9 Å². The maximum Gasteiger partial charge on any atom is 0.341 e. The number of benzene rings is 1. The topological polar surface area (TPSA) is 257 Å². The molecule has 20 nitrogen and oxygen atoms in total. The van der Waals surface area contributed by atoms with Crippen LogP contribution in [0.15, 0.2) is 34.1 Å². The summed E-state index contributed by atoms with van der Waals surface area (Å²) in [5.74, 6) is -3.96. The Hall–Kier alpha value is -3.29. The van der Waals surface area contributed by atoms with Crippen LogP contribution in [0.2, 0.25) is 0 Å². The first kappa shape index (κ1) is 63.5. The van der Waals surface area contributed by atoms with Crippen LogP contribution in [0.4, 0.5) is 0 Å². The van der Waals surface area contributed by atoms with E-state index in [1.165, 1.54) is 20.2 Å². The van der Waals surface area contributed by atoms with Crippen molar-refractivity contribution >= 4 is 40.6 Å². The average Bonchev–Trinajstić information content (AvgIpc) is 3.35. The van der Waals surface area contributed by atoms with Crippen molar-refractivity contribution in [3.05, 3.63) is 40.2 Å². The van der Waals surface area contributed by atoms with Crippen molar-refractivity contribution in [3.63, 3.8) is 0 Å². The first-order chi connectivity index (χ1) is 35.5. The summed E-state index contributed by atoms with van der Waals surface area (Å²) in [5.41, 5.74) is -4.78. The number of carbonyl (C=O) groups is 3. The minimum Gasteiger partial charge on any atom is -0.477 e. The molecule has 3 saturated heterocycles. The van der Waals surface area contributed by atoms with Gasteiger partial charge in [0.1, 0.15) is 35.1 Å². The number of aliphatic hydroxyl groups excluding tert-OH is 2. The number of thioether (sulfide) groups is 1. The fourth-order valence-corrected chi connectivity index (χ4v) is 12.4. The number of nitrogens with one attached hydrogen (secondary N) is 1. The quantitative estimate of drug-likeness (QED) is 0.0735. The molecule has 5 rings (SSSR count). The maximum atomic E-state index is 14.6. The Morgan fingerprint density at radius 2 is 1.64 bits per heavy atom. The van der Waals surface area contributed by atoms with Gasteiger partial charge in [0.2, 0.25) is 5.43 Å². The Bertz CT molecular complexity index is 2320. The summed E-state index contributed by atoms with van der Waals surface area (Å²) in [7, 11) is 7.08. The SMILES string of the molecule is CC[C@H]1OC(=O)[C@H](C)[C@@H](O[C@H]2C[C@@](C)(OC)[C@@H](OC(=O)CCNCCSc3ccc4c(=O)c(C(=O)O)cn(CC)c4c3)[C@H](C)O2)[C@@H](C)[C@@H](O[C@@H]2O[C@H](C)C[C@H](N(C)C)[C@H]2O)[C@](C)(O)C[C@@H](C)CN(C)[C@H](C)[C@@H](O)[C@]1(C)O. The first-order valence-corrected chi connectivity index (χ1v) is 28.0. The highest BCUT2D eigenvalue weighted by Gasteiger charge is 2.54. The molecule has 6 N–H and O–H groups in total. The highest BCUT2D eigenvalue weighted by molar-refractivity contribution is 7.99. The van der Waals surface area contributed by atoms with Gasteiger partial charge in [0.15, 0.2) is 18.7 Å². The highest BCUT2D eigenvalue weighted by atomic mass is 32.2. The molecule has 0 radical (unpaired) electrons. The van der Waals surface area contributed by atoms with E-state index in [1.807, 2.05) is 57.8 Å². The van der Waals surface area contributed by atoms with Crippen LogP contribution in [0.5, 0.6) is 0 Å². The molecule has 0 unspecified atom stereocenters. The van der Waals surface area contributed by atoms with Gasteiger partial charge in [0.05, 0.1) is 47.9 Å². The van der Waals surface area contributed by atoms with Crippen LogP contribution >= 0.6 is 11.8 Å². The number of rotatable bonds is 17. The first-order valence-electron chi connectivity index (χ1n) is 27.0. The third-order valence-corrected chi connectivity index (χ3v) is 17.1. The number of methoxy groups -OCH3 is 1. The standard InChI is InChI=1S/C55H90N4O16S/c1-16-41-55(11,68)47(63)34(7)58(14)28-30(3)26-53(9,67)48(75-52-45(62)40(57(12)13)24-31(4)70-52)32(5)46(33(6)51(66)72-41)74-43-27-54(10,69-15)49(35(8)71-43)73-42(60)20-21-56-22-23-76-36-18-19-37-39(25-36)59(17-2)29-38(44(37)61)50(64)65/h18-19,25,29-35,40-41,43,45-49,52,56,62-63,67-68H,16-17,20-24,26-28H2,1-15H3,(H,64,65)/t30-,31-,32-,33-,34-,35+,40+,41-,43+,45-,46+,47-,48-,49+,52+,53-,54-,55-/m1/s1. The second-order valence-corrected chi connectivity index (χ2v) is 23.8. The number of esters is 2. The van der Waals surface area contributed by atoms with E-state index >= 15 is 0 Å². The fourth-order valence-electron chi connectivity index (χ4n) is 11.6. The molecule has 1 aromatic heterocycles. The Morgan fingerprint density at radius 3 is 2.26 bits per heavy atom. The molecule has 432 valence electrons. The van der Waals surface area contributed by atoms with E-state index in [-0.39, 0.29) is 49.3 Å². The van der Waals surface area contributed by atoms with Gasteiger partial charge in [0.25, 0.3) is 0 Å². The van der Waals surface area contributed by atoms with Gasteiger partial charge in [-0.25, -0.2) is 4.79 Å². The van der Waals surface area contributed by atoms with E-state index in [0.29, 0.717) is 49.3 Å². The second kappa shape index (κ2) is 26.8. The van der Waals surface area contributed by atoms with E-state index in [2.05, 4.69) is 5.32 Å². The highest BCUT2D eigenvalue weighted by Crippen LogP contribution is 2.41. The largest absolute Gasteiger partial charge is 0.477 e. The predicted octanol–water partition coefficient (Wildman–Crippen LogP) is 4.26. The van der Waals surface area contributed by atoms with Gasteiger partial charge >= 0.3 is 17.9 Å². The summed E-state index contributed by atoms with van der Waals surface area (Å²) in [4.78, 5) is 57.2. The van der Waals surface area contributed by atoms with Gasteiger partial charge in [-0.15, -0.1) is 11.8 Å². The van der Waals surface area contributed by atoms with Crippen molar-refractivity contribution in [1.29, 1.82) is 0 Å². The van der Waals surface area contributed by atoms with Crippen LogP contribution in [-0.2, 0) is 49.3 Å². The number of likely N-dealkylation sites (N-methyl/N-ethyl adjacent to an activating group) is 2. The van der Waals surface area contributed by atoms with Gasteiger partial charge in [0, 0.05) is 79.9 Å². The summed E-state index contributed by atoms with van der Waals surface area (Å²) >= 11 is 1.55. The van der Waals surface area contributed by atoms with Crippen LogP contribution in [-0.4, -0.2) is 202 Å². The van der Waals surface area contributed by atoms with Gasteiger partial charge in [-0.05, 0) is 120 Å². The second-order valence-electron chi connectivity index (χ2n) is 22.6. The number of carboxylic acids is 1. The number of hydrogen-bond acceptors (Lipinski definition) is 19. The number of ether oxygens (including phenoxy) is 7. The molecule has 0 amide bonds. The van der Waals surface area contributed by atoms with Crippen LogP contribution in [0.25, 0.3) is 10.9 Å². The molecule has 18 atom stereocenters. The third-order valence-electron chi connectivity index (χ3n) is 16.1. The van der Waals surface area contributed by atoms with Gasteiger partial charge in [-0.2, -0.15) is 0 Å². The van der Waals surface area contributed by atoms with Crippen LogP contribution < -0.4 is 10.7 Å². The number of fused-ring (bicyclic) bond motifs is 1. The molecule has 2 aromatic rings. The number of aliphatic hydroxyl groups is 4. The summed E-state index contributed by atoms with van der Waals surface area (Å²) < 4.78 is 46.6. The van der Waals surface area contributed by atoms with Crippen molar-refractivity contribution in [2.45, 2.75) is 210 Å². The normalized spacial score (nSPS) is 37.6. The smallest absolute Gasteiger partial charge is 0.341 e. The Kier molecular flexibility index (Phi) is 22.4. The van der Waals surface area contributed by atoms with Crippen LogP contribution in [0, 0.1) is 17.8 Å². The van der Waals surface area contributed by atoms with E-state index in [9.17, 15) is 44.7 Å². The van der Waals surface area contributed by atoms with E-state index in [0.717, 1.165) is 4.90 Å². The van der Waals surface area contributed by atoms with E-state index < -0.39 is 113 Å². The number of carboxylic acid groups (broad SMARTS) is 1. The monoisotopic (exact) mass is 1090 g/mol. The number of aromatic carboxylic acids is 1. The lowest BCUT2D eigenvalue weighted by Gasteiger charge is -2.49. The molecule has 21 heteroatoms. The van der Waals surface area contributed by atoms with Crippen LogP contribution in [0.1, 0.15) is 119 Å². The molecular weight excluding hydrogens is 1000 g/mol. The van der Waals surface area contributed by atoms with Crippen molar-refractivity contribution < 1.29 is 73.1 Å².